The summed E-state index contributed by atoms with van der Waals surface area (Å²) in [7, 11) is 1.77. The number of carbonyl (C=O) groups excluding carboxylic acids is 2. The predicted molar refractivity (Wildman–Crippen MR) is 83.1 cm³/mol. The van der Waals surface area contributed by atoms with E-state index in [2.05, 4.69) is 5.32 Å². The van der Waals surface area contributed by atoms with Crippen LogP contribution in [0.3, 0.4) is 0 Å². The molecule has 0 unspecified atom stereocenters. The summed E-state index contributed by atoms with van der Waals surface area (Å²) in [4.78, 5) is 25.6. The first-order valence-corrected chi connectivity index (χ1v) is 7.63. The Morgan fingerprint density at radius 3 is 2.86 bits per heavy atom. The molecule has 1 aromatic rings. The van der Waals surface area contributed by atoms with Crippen molar-refractivity contribution in [1.82, 2.24) is 10.2 Å². The molecule has 0 spiro atoms. The molecule has 1 heterocycles. The van der Waals surface area contributed by atoms with E-state index in [4.69, 9.17) is 11.6 Å². The van der Waals surface area contributed by atoms with Crippen molar-refractivity contribution in [3.63, 3.8) is 0 Å². The minimum atomic E-state index is -0.206. The van der Waals surface area contributed by atoms with Gasteiger partial charge >= 0.3 is 0 Å². The maximum Gasteiger partial charge on any atom is 0.223 e. The number of nitrogens with one attached hydrogen (secondary N) is 1. The van der Waals surface area contributed by atoms with Crippen LogP contribution in [0.1, 0.15) is 25.3 Å². The summed E-state index contributed by atoms with van der Waals surface area (Å²) in [5.41, 5.74) is 1.02. The summed E-state index contributed by atoms with van der Waals surface area (Å²) in [6.45, 7) is 2.60. The number of benzene rings is 1. The molecule has 2 rings (SSSR count). The number of nitrogens with zero attached hydrogens (tertiary/aromatic N) is 1. The van der Waals surface area contributed by atoms with Crippen LogP contribution in [0.5, 0.6) is 0 Å². The smallest absolute Gasteiger partial charge is 0.223 e. The molecule has 0 saturated carbocycles. The van der Waals surface area contributed by atoms with Crippen LogP contribution in [0.15, 0.2) is 24.3 Å². The summed E-state index contributed by atoms with van der Waals surface area (Å²) in [6, 6.07) is 7.63. The zero-order chi connectivity index (χ0) is 15.4. The normalized spacial score (nSPS) is 20.2. The van der Waals surface area contributed by atoms with Crippen molar-refractivity contribution in [3.8, 4) is 0 Å². The van der Waals surface area contributed by atoms with E-state index in [-0.39, 0.29) is 23.8 Å². The van der Waals surface area contributed by atoms with E-state index in [9.17, 15) is 9.59 Å². The molecule has 2 atom stereocenters. The molecule has 2 amide bonds. The third-order valence-corrected chi connectivity index (χ3v) is 4.27. The maximum atomic E-state index is 12.2. The lowest BCUT2D eigenvalue weighted by atomic mass is 9.95. The van der Waals surface area contributed by atoms with Crippen molar-refractivity contribution in [2.45, 2.75) is 32.2 Å². The minimum absolute atomic E-state index is 0.00726. The second kappa shape index (κ2) is 6.94. The summed E-state index contributed by atoms with van der Waals surface area (Å²) < 4.78 is 0. The van der Waals surface area contributed by atoms with Crippen LogP contribution in [-0.2, 0) is 16.0 Å². The van der Waals surface area contributed by atoms with Crippen molar-refractivity contribution in [2.75, 3.05) is 13.6 Å². The number of rotatable bonds is 4. The van der Waals surface area contributed by atoms with E-state index in [1.807, 2.05) is 31.2 Å². The van der Waals surface area contributed by atoms with Crippen LogP contribution in [0.2, 0.25) is 5.02 Å². The standard InChI is InChI=1S/C16H21ClN2O2/c1-11(9-12-5-3-4-6-14(12)17)18-16(21)13-7-8-19(2)15(20)10-13/h3-6,11,13H,7-10H2,1-2H3,(H,18,21)/t11-,13-/m1/s1. The Bertz CT molecular complexity index is 533. The fourth-order valence-corrected chi connectivity index (χ4v) is 2.79. The lowest BCUT2D eigenvalue weighted by molar-refractivity contribution is -0.139. The summed E-state index contributed by atoms with van der Waals surface area (Å²) in [6.07, 6.45) is 1.72. The van der Waals surface area contributed by atoms with Gasteiger partial charge in [0.25, 0.3) is 0 Å². The maximum absolute atomic E-state index is 12.2. The van der Waals surface area contributed by atoms with Crippen LogP contribution in [-0.4, -0.2) is 36.3 Å². The SMILES string of the molecule is C[C@H](Cc1ccccc1Cl)NC(=O)[C@@H]1CCN(C)C(=O)C1. The Hall–Kier alpha value is -1.55. The fourth-order valence-electron chi connectivity index (χ4n) is 2.57. The van der Waals surface area contributed by atoms with Gasteiger partial charge in [-0.2, -0.15) is 0 Å². The van der Waals surface area contributed by atoms with Crippen LogP contribution in [0, 0.1) is 5.92 Å². The third kappa shape index (κ3) is 4.21. The van der Waals surface area contributed by atoms with E-state index in [1.165, 1.54) is 0 Å². The van der Waals surface area contributed by atoms with Crippen molar-refractivity contribution in [2.24, 2.45) is 5.92 Å². The van der Waals surface area contributed by atoms with Gasteiger partial charge in [-0.05, 0) is 31.4 Å². The summed E-state index contributed by atoms with van der Waals surface area (Å²) in [5, 5.41) is 3.71. The largest absolute Gasteiger partial charge is 0.353 e. The van der Waals surface area contributed by atoms with Gasteiger partial charge in [-0.15, -0.1) is 0 Å². The molecule has 1 saturated heterocycles. The Balaban J connectivity index is 1.88. The second-order valence-corrected chi connectivity index (χ2v) is 6.12. The van der Waals surface area contributed by atoms with Crippen molar-refractivity contribution in [3.05, 3.63) is 34.9 Å². The third-order valence-electron chi connectivity index (χ3n) is 3.90. The molecule has 0 bridgehead atoms. The molecule has 0 radical (unpaired) electrons. The topological polar surface area (TPSA) is 49.4 Å². The molecule has 21 heavy (non-hydrogen) atoms. The van der Waals surface area contributed by atoms with Gasteiger partial charge in [-0.3, -0.25) is 9.59 Å². The van der Waals surface area contributed by atoms with Crippen LogP contribution >= 0.6 is 11.6 Å². The highest BCUT2D eigenvalue weighted by molar-refractivity contribution is 6.31. The highest BCUT2D eigenvalue weighted by Crippen LogP contribution is 2.19. The van der Waals surface area contributed by atoms with Crippen LogP contribution < -0.4 is 5.32 Å². The van der Waals surface area contributed by atoms with Crippen molar-refractivity contribution < 1.29 is 9.59 Å². The van der Waals surface area contributed by atoms with Gasteiger partial charge in [-0.25, -0.2) is 0 Å². The molecule has 0 aliphatic carbocycles. The molecule has 5 heteroatoms. The van der Waals surface area contributed by atoms with Gasteiger partial charge in [0.1, 0.15) is 0 Å². The van der Waals surface area contributed by atoms with Crippen LogP contribution in [0.4, 0.5) is 0 Å². The van der Waals surface area contributed by atoms with Gasteiger partial charge in [0.05, 0.1) is 0 Å². The Kier molecular flexibility index (Phi) is 5.23. The Morgan fingerprint density at radius 1 is 1.48 bits per heavy atom. The molecule has 0 aromatic heterocycles. The Labute approximate surface area is 130 Å². The van der Waals surface area contributed by atoms with Crippen molar-refractivity contribution >= 4 is 23.4 Å². The highest BCUT2D eigenvalue weighted by atomic mass is 35.5. The molecular formula is C16H21ClN2O2. The minimum Gasteiger partial charge on any atom is -0.353 e. The molecule has 1 aromatic carbocycles. The first-order valence-electron chi connectivity index (χ1n) is 7.25. The van der Waals surface area contributed by atoms with Gasteiger partial charge in [-0.1, -0.05) is 29.8 Å². The van der Waals surface area contributed by atoms with E-state index < -0.39 is 0 Å². The monoisotopic (exact) mass is 308 g/mol. The predicted octanol–water partition coefficient (Wildman–Crippen LogP) is 2.26. The highest BCUT2D eigenvalue weighted by Gasteiger charge is 2.29. The Morgan fingerprint density at radius 2 is 2.19 bits per heavy atom. The average molecular weight is 309 g/mol. The number of piperidine rings is 1. The lowest BCUT2D eigenvalue weighted by Crippen LogP contribution is -2.44. The van der Waals surface area contributed by atoms with Gasteiger partial charge in [0.2, 0.25) is 11.8 Å². The number of halogens is 1. The lowest BCUT2D eigenvalue weighted by Gasteiger charge is -2.28. The van der Waals surface area contributed by atoms with E-state index >= 15 is 0 Å². The van der Waals surface area contributed by atoms with E-state index in [1.54, 1.807) is 11.9 Å². The van der Waals surface area contributed by atoms with Crippen LogP contribution in [0.25, 0.3) is 0 Å². The molecule has 1 fully saturated rings. The van der Waals surface area contributed by atoms with E-state index in [0.717, 1.165) is 12.0 Å². The number of carbonyl (C=O) groups is 2. The van der Waals surface area contributed by atoms with Crippen molar-refractivity contribution in [1.29, 1.82) is 0 Å². The second-order valence-electron chi connectivity index (χ2n) is 5.71. The number of hydrogen-bond acceptors (Lipinski definition) is 2. The first kappa shape index (κ1) is 15.8. The fraction of sp³-hybridized carbons (Fsp3) is 0.500. The number of amides is 2. The van der Waals surface area contributed by atoms with Gasteiger partial charge in [0, 0.05) is 37.0 Å². The summed E-state index contributed by atoms with van der Waals surface area (Å²) >= 11 is 6.13. The number of hydrogen-bond donors (Lipinski definition) is 1. The molecule has 1 aliphatic heterocycles. The molecule has 4 nitrogen and oxygen atoms in total. The molecule has 1 aliphatic rings. The molecular weight excluding hydrogens is 288 g/mol. The number of likely N-dealkylation sites (tertiary alicyclic amines) is 1. The van der Waals surface area contributed by atoms with Gasteiger partial charge in [0.15, 0.2) is 0 Å². The zero-order valence-corrected chi connectivity index (χ0v) is 13.2. The molecule has 114 valence electrons. The van der Waals surface area contributed by atoms with E-state index in [0.29, 0.717) is 24.4 Å². The zero-order valence-electron chi connectivity index (χ0n) is 12.4. The summed E-state index contributed by atoms with van der Waals surface area (Å²) in [5.74, 6) is -0.196. The van der Waals surface area contributed by atoms with Gasteiger partial charge < -0.3 is 10.2 Å². The quantitative estimate of drug-likeness (QED) is 0.927. The average Bonchev–Trinajstić information content (AvgIpc) is 2.44. The molecule has 1 N–H and O–H groups in total. The first-order chi connectivity index (χ1) is 9.97.